The number of aliphatic hydroxyl groups is 1. The van der Waals surface area contributed by atoms with Gasteiger partial charge in [-0.25, -0.2) is 4.39 Å². The third kappa shape index (κ3) is 3.38. The molecule has 2 rings (SSSR count). The van der Waals surface area contributed by atoms with Crippen molar-refractivity contribution in [2.75, 3.05) is 7.11 Å². The second-order valence-corrected chi connectivity index (χ2v) is 5.56. The standard InChI is InChI=1S/C16H16BrFO2/c1-10-3-6-16(20-2)12(7-10)9-15(19)11-4-5-13(17)14(18)8-11/h3-8,15,19H,9H2,1-2H3. The molecule has 2 aromatic carbocycles. The van der Waals surface area contributed by atoms with Gasteiger partial charge in [-0.2, -0.15) is 0 Å². The van der Waals surface area contributed by atoms with Crippen LogP contribution in [0, 0.1) is 12.7 Å². The van der Waals surface area contributed by atoms with Crippen molar-refractivity contribution >= 4 is 15.9 Å². The van der Waals surface area contributed by atoms with Crippen molar-refractivity contribution < 1.29 is 14.2 Å². The van der Waals surface area contributed by atoms with Gasteiger partial charge >= 0.3 is 0 Å². The molecular formula is C16H16BrFO2. The Morgan fingerprint density at radius 1 is 1.25 bits per heavy atom. The summed E-state index contributed by atoms with van der Waals surface area (Å²) in [6, 6.07) is 10.4. The molecule has 20 heavy (non-hydrogen) atoms. The lowest BCUT2D eigenvalue weighted by Crippen LogP contribution is -2.04. The van der Waals surface area contributed by atoms with Gasteiger partial charge in [0.25, 0.3) is 0 Å². The highest BCUT2D eigenvalue weighted by Crippen LogP contribution is 2.27. The Balaban J connectivity index is 2.24. The molecule has 0 amide bonds. The number of aliphatic hydroxyl groups excluding tert-OH is 1. The smallest absolute Gasteiger partial charge is 0.137 e. The molecule has 0 heterocycles. The van der Waals surface area contributed by atoms with Crippen molar-refractivity contribution in [3.8, 4) is 5.75 Å². The first-order valence-corrected chi connectivity index (χ1v) is 7.07. The van der Waals surface area contributed by atoms with E-state index in [1.807, 2.05) is 25.1 Å². The summed E-state index contributed by atoms with van der Waals surface area (Å²) < 4.78 is 19.2. The van der Waals surface area contributed by atoms with Crippen molar-refractivity contribution in [3.63, 3.8) is 0 Å². The summed E-state index contributed by atoms with van der Waals surface area (Å²) in [5, 5.41) is 10.3. The number of hydrogen-bond donors (Lipinski definition) is 1. The topological polar surface area (TPSA) is 29.5 Å². The molecule has 0 spiro atoms. The van der Waals surface area contributed by atoms with Crippen molar-refractivity contribution in [2.45, 2.75) is 19.4 Å². The molecule has 2 nitrogen and oxygen atoms in total. The summed E-state index contributed by atoms with van der Waals surface area (Å²) in [6.45, 7) is 1.98. The van der Waals surface area contributed by atoms with Crippen LogP contribution in [0.25, 0.3) is 0 Å². The normalized spacial score (nSPS) is 12.2. The molecule has 106 valence electrons. The zero-order valence-electron chi connectivity index (χ0n) is 11.4. The summed E-state index contributed by atoms with van der Waals surface area (Å²) in [4.78, 5) is 0. The molecular weight excluding hydrogens is 323 g/mol. The predicted octanol–water partition coefficient (Wildman–Crippen LogP) is 4.18. The Bertz CT molecular complexity index is 613. The van der Waals surface area contributed by atoms with Crippen molar-refractivity contribution in [1.29, 1.82) is 0 Å². The van der Waals surface area contributed by atoms with Crippen LogP contribution in [0.4, 0.5) is 4.39 Å². The molecule has 0 radical (unpaired) electrons. The summed E-state index contributed by atoms with van der Waals surface area (Å²) in [5.74, 6) is 0.352. The van der Waals surface area contributed by atoms with Crippen LogP contribution in [0.2, 0.25) is 0 Å². The molecule has 0 aliphatic rings. The van der Waals surface area contributed by atoms with Gasteiger partial charge in [0.2, 0.25) is 0 Å². The van der Waals surface area contributed by atoms with E-state index < -0.39 is 6.10 Å². The lowest BCUT2D eigenvalue weighted by Gasteiger charge is -2.15. The fraction of sp³-hybridized carbons (Fsp3) is 0.250. The van der Waals surface area contributed by atoms with E-state index in [4.69, 9.17) is 4.74 Å². The Labute approximate surface area is 126 Å². The van der Waals surface area contributed by atoms with Gasteiger partial charge in [-0.15, -0.1) is 0 Å². The number of hydrogen-bond acceptors (Lipinski definition) is 2. The average Bonchev–Trinajstić information content (AvgIpc) is 2.42. The van der Waals surface area contributed by atoms with E-state index in [-0.39, 0.29) is 5.82 Å². The molecule has 1 unspecified atom stereocenters. The largest absolute Gasteiger partial charge is 0.496 e. The minimum absolute atomic E-state index is 0.377. The first-order valence-electron chi connectivity index (χ1n) is 6.28. The molecule has 0 aliphatic carbocycles. The van der Waals surface area contributed by atoms with E-state index >= 15 is 0 Å². The second-order valence-electron chi connectivity index (χ2n) is 4.71. The van der Waals surface area contributed by atoms with E-state index in [9.17, 15) is 9.50 Å². The minimum atomic E-state index is -0.770. The highest BCUT2D eigenvalue weighted by molar-refractivity contribution is 9.10. The van der Waals surface area contributed by atoms with Crippen LogP contribution in [-0.2, 0) is 6.42 Å². The number of halogens is 2. The molecule has 0 saturated carbocycles. The molecule has 0 saturated heterocycles. The van der Waals surface area contributed by atoms with Crippen LogP contribution in [0.15, 0.2) is 40.9 Å². The number of benzene rings is 2. The van der Waals surface area contributed by atoms with Gasteiger partial charge < -0.3 is 9.84 Å². The van der Waals surface area contributed by atoms with Crippen LogP contribution < -0.4 is 4.74 Å². The molecule has 0 bridgehead atoms. The Hall–Kier alpha value is -1.39. The van der Waals surface area contributed by atoms with E-state index in [1.54, 1.807) is 19.2 Å². The van der Waals surface area contributed by atoms with E-state index in [0.717, 1.165) is 16.9 Å². The van der Waals surface area contributed by atoms with Crippen LogP contribution in [0.3, 0.4) is 0 Å². The highest BCUT2D eigenvalue weighted by Gasteiger charge is 2.14. The van der Waals surface area contributed by atoms with Crippen molar-refractivity contribution in [1.82, 2.24) is 0 Å². The zero-order chi connectivity index (χ0) is 14.7. The third-order valence-electron chi connectivity index (χ3n) is 3.18. The number of methoxy groups -OCH3 is 1. The SMILES string of the molecule is COc1ccc(C)cc1CC(O)c1ccc(Br)c(F)c1. The molecule has 1 atom stereocenters. The Kier molecular flexibility index (Phi) is 4.78. The van der Waals surface area contributed by atoms with Crippen LogP contribution in [0.1, 0.15) is 22.8 Å². The predicted molar refractivity (Wildman–Crippen MR) is 80.5 cm³/mol. The van der Waals surface area contributed by atoms with Crippen LogP contribution in [0.5, 0.6) is 5.75 Å². The van der Waals surface area contributed by atoms with Crippen molar-refractivity contribution in [3.05, 3.63) is 63.4 Å². The van der Waals surface area contributed by atoms with Gasteiger partial charge in [-0.1, -0.05) is 23.8 Å². The van der Waals surface area contributed by atoms with Gasteiger partial charge in [-0.3, -0.25) is 0 Å². The lowest BCUT2D eigenvalue weighted by atomic mass is 9.99. The van der Waals surface area contributed by atoms with E-state index in [2.05, 4.69) is 15.9 Å². The fourth-order valence-electron chi connectivity index (χ4n) is 2.11. The molecule has 0 fully saturated rings. The number of rotatable bonds is 4. The molecule has 1 N–H and O–H groups in total. The lowest BCUT2D eigenvalue weighted by molar-refractivity contribution is 0.176. The van der Waals surface area contributed by atoms with E-state index in [0.29, 0.717) is 16.5 Å². The number of aryl methyl sites for hydroxylation is 1. The number of ether oxygens (including phenoxy) is 1. The third-order valence-corrected chi connectivity index (χ3v) is 3.82. The molecule has 0 aliphatic heterocycles. The van der Waals surface area contributed by atoms with Crippen LogP contribution >= 0.6 is 15.9 Å². The summed E-state index contributed by atoms with van der Waals surface area (Å²) in [5.41, 5.74) is 2.55. The Morgan fingerprint density at radius 2 is 2.00 bits per heavy atom. The molecule has 0 aromatic heterocycles. The first kappa shape index (κ1) is 15.0. The first-order chi connectivity index (χ1) is 9.51. The summed E-state index contributed by atoms with van der Waals surface area (Å²) in [6.07, 6.45) is -0.389. The maximum absolute atomic E-state index is 13.5. The second kappa shape index (κ2) is 6.37. The van der Waals surface area contributed by atoms with Gasteiger partial charge in [0.15, 0.2) is 0 Å². The quantitative estimate of drug-likeness (QED) is 0.905. The van der Waals surface area contributed by atoms with E-state index in [1.165, 1.54) is 6.07 Å². The zero-order valence-corrected chi connectivity index (χ0v) is 12.9. The van der Waals surface area contributed by atoms with Crippen LogP contribution in [-0.4, -0.2) is 12.2 Å². The average molecular weight is 339 g/mol. The van der Waals surface area contributed by atoms with Crippen molar-refractivity contribution in [2.24, 2.45) is 0 Å². The molecule has 2 aromatic rings. The molecule has 4 heteroatoms. The van der Waals surface area contributed by atoms with Gasteiger partial charge in [0, 0.05) is 6.42 Å². The minimum Gasteiger partial charge on any atom is -0.496 e. The summed E-state index contributed by atoms with van der Waals surface area (Å²) >= 11 is 3.10. The Morgan fingerprint density at radius 3 is 2.65 bits per heavy atom. The van der Waals surface area contributed by atoms with Gasteiger partial charge in [0.05, 0.1) is 17.7 Å². The maximum atomic E-state index is 13.5. The maximum Gasteiger partial charge on any atom is 0.137 e. The fourth-order valence-corrected chi connectivity index (χ4v) is 2.36. The monoisotopic (exact) mass is 338 g/mol. The highest BCUT2D eigenvalue weighted by atomic mass is 79.9. The summed E-state index contributed by atoms with van der Waals surface area (Å²) in [7, 11) is 1.60. The van der Waals surface area contributed by atoms with Gasteiger partial charge in [-0.05, 0) is 52.2 Å². The van der Waals surface area contributed by atoms with Gasteiger partial charge in [0.1, 0.15) is 11.6 Å².